The van der Waals surface area contributed by atoms with Gasteiger partial charge in [0.2, 0.25) is 0 Å². The largest absolute Gasteiger partial charge is 0.480 e. The third kappa shape index (κ3) is 2.24. The Morgan fingerprint density at radius 2 is 2.33 bits per heavy atom. The van der Waals surface area contributed by atoms with Crippen LogP contribution in [0.2, 0.25) is 0 Å². The van der Waals surface area contributed by atoms with E-state index in [-0.39, 0.29) is 18.1 Å². The number of aryl methyl sites for hydroxylation is 1. The number of carbonyl (C=O) groups is 1. The molecule has 1 aromatic rings. The average molecular weight is 274 g/mol. The van der Waals surface area contributed by atoms with Crippen molar-refractivity contribution in [3.05, 3.63) is 12.0 Å². The topological polar surface area (TPSA) is 115 Å². The average Bonchev–Trinajstić information content (AvgIpc) is 2.76. The number of aliphatic carboxylic acids is 1. The van der Waals surface area contributed by atoms with Crippen molar-refractivity contribution in [2.45, 2.75) is 18.0 Å². The Morgan fingerprint density at radius 1 is 1.61 bits per heavy atom. The molecule has 100 valence electrons. The highest BCUT2D eigenvalue weighted by molar-refractivity contribution is 7.89. The zero-order chi connectivity index (χ0) is 13.3. The van der Waals surface area contributed by atoms with Crippen molar-refractivity contribution in [3.8, 4) is 0 Å². The van der Waals surface area contributed by atoms with Crippen LogP contribution in [-0.4, -0.2) is 59.4 Å². The Hall–Kier alpha value is -1.45. The lowest BCUT2D eigenvalue weighted by atomic mass is 10.2. The lowest BCUT2D eigenvalue weighted by molar-refractivity contribution is -0.141. The monoisotopic (exact) mass is 274 g/mol. The standard InChI is InChI=1S/C9H14N4O4S/c1-6-11-5-8(12-6)18(16,17)13-3-2-10-4-7(13)9(14)15/h5,7,10H,2-4H2,1H3,(H,11,12)(H,14,15). The number of hydrogen-bond donors (Lipinski definition) is 3. The van der Waals surface area contributed by atoms with E-state index in [4.69, 9.17) is 5.11 Å². The summed E-state index contributed by atoms with van der Waals surface area (Å²) in [6, 6.07) is -1.09. The number of sulfonamides is 1. The first-order valence-corrected chi connectivity index (χ1v) is 6.84. The first kappa shape index (κ1) is 13.0. The van der Waals surface area contributed by atoms with E-state index in [0.29, 0.717) is 12.4 Å². The molecule has 1 unspecified atom stereocenters. The van der Waals surface area contributed by atoms with Crippen molar-refractivity contribution in [3.63, 3.8) is 0 Å². The number of aromatic amines is 1. The molecular formula is C9H14N4O4S. The van der Waals surface area contributed by atoms with Crippen LogP contribution in [0, 0.1) is 6.92 Å². The summed E-state index contributed by atoms with van der Waals surface area (Å²) in [5.74, 6) is -0.697. The highest BCUT2D eigenvalue weighted by atomic mass is 32.2. The van der Waals surface area contributed by atoms with Crippen molar-refractivity contribution in [2.75, 3.05) is 19.6 Å². The van der Waals surface area contributed by atoms with Crippen LogP contribution in [0.1, 0.15) is 5.82 Å². The van der Waals surface area contributed by atoms with Gasteiger partial charge in [-0.3, -0.25) is 4.79 Å². The molecule has 1 saturated heterocycles. The fourth-order valence-corrected chi connectivity index (χ4v) is 3.39. The zero-order valence-electron chi connectivity index (χ0n) is 9.75. The number of nitrogens with zero attached hydrogens (tertiary/aromatic N) is 2. The van der Waals surface area contributed by atoms with Gasteiger partial charge in [0.15, 0.2) is 5.03 Å². The summed E-state index contributed by atoms with van der Waals surface area (Å²) >= 11 is 0. The van der Waals surface area contributed by atoms with Gasteiger partial charge in [0.1, 0.15) is 11.9 Å². The summed E-state index contributed by atoms with van der Waals surface area (Å²) in [5, 5.41) is 11.8. The molecule has 0 spiro atoms. The van der Waals surface area contributed by atoms with E-state index >= 15 is 0 Å². The number of carboxylic acids is 1. The molecule has 18 heavy (non-hydrogen) atoms. The Kier molecular flexibility index (Phi) is 3.37. The minimum absolute atomic E-state index is 0.0758. The van der Waals surface area contributed by atoms with Crippen molar-refractivity contribution in [1.29, 1.82) is 0 Å². The molecule has 2 rings (SSSR count). The number of H-pyrrole nitrogens is 1. The van der Waals surface area contributed by atoms with Gasteiger partial charge < -0.3 is 15.4 Å². The first-order chi connectivity index (χ1) is 8.43. The Labute approximate surface area is 104 Å². The maximum absolute atomic E-state index is 12.3. The van der Waals surface area contributed by atoms with Gasteiger partial charge in [0, 0.05) is 19.6 Å². The lowest BCUT2D eigenvalue weighted by Crippen LogP contribution is -2.56. The Morgan fingerprint density at radius 3 is 2.89 bits per heavy atom. The Balaban J connectivity index is 2.36. The minimum Gasteiger partial charge on any atom is -0.480 e. The van der Waals surface area contributed by atoms with Crippen LogP contribution in [0.5, 0.6) is 0 Å². The van der Waals surface area contributed by atoms with Gasteiger partial charge in [-0.05, 0) is 6.92 Å². The second-order valence-corrected chi connectivity index (χ2v) is 5.87. The highest BCUT2D eigenvalue weighted by Crippen LogP contribution is 2.17. The molecule has 9 heteroatoms. The molecule has 2 heterocycles. The van der Waals surface area contributed by atoms with Crippen LogP contribution in [-0.2, 0) is 14.8 Å². The van der Waals surface area contributed by atoms with E-state index in [2.05, 4.69) is 15.3 Å². The predicted molar refractivity (Wildman–Crippen MR) is 61.5 cm³/mol. The third-order valence-corrected chi connectivity index (χ3v) is 4.56. The maximum Gasteiger partial charge on any atom is 0.323 e. The van der Waals surface area contributed by atoms with Crippen molar-refractivity contribution >= 4 is 16.0 Å². The second-order valence-electron chi connectivity index (χ2n) is 4.01. The normalized spacial score (nSPS) is 21.9. The molecular weight excluding hydrogens is 260 g/mol. The van der Waals surface area contributed by atoms with Crippen LogP contribution in [0.25, 0.3) is 0 Å². The quantitative estimate of drug-likeness (QED) is 0.635. The van der Waals surface area contributed by atoms with E-state index in [1.54, 1.807) is 6.92 Å². The molecule has 3 N–H and O–H groups in total. The first-order valence-electron chi connectivity index (χ1n) is 5.40. The summed E-state index contributed by atoms with van der Waals surface area (Å²) in [7, 11) is -3.84. The van der Waals surface area contributed by atoms with Gasteiger partial charge in [0.05, 0.1) is 6.20 Å². The number of carboxylic acid groups (broad SMARTS) is 1. The number of rotatable bonds is 3. The minimum atomic E-state index is -3.84. The molecule has 0 aromatic carbocycles. The summed E-state index contributed by atoms with van der Waals surface area (Å²) in [6.07, 6.45) is 1.20. The summed E-state index contributed by atoms with van der Waals surface area (Å²) in [5.41, 5.74) is 0. The summed E-state index contributed by atoms with van der Waals surface area (Å²) in [6.45, 7) is 2.28. The molecule has 0 aliphatic carbocycles. The summed E-state index contributed by atoms with van der Waals surface area (Å²) in [4.78, 5) is 17.5. The highest BCUT2D eigenvalue weighted by Gasteiger charge is 2.38. The SMILES string of the molecule is Cc1ncc(S(=O)(=O)N2CCNCC2C(=O)O)[nH]1. The number of aromatic nitrogens is 2. The molecule has 0 radical (unpaired) electrons. The van der Waals surface area contributed by atoms with E-state index in [1.807, 2.05) is 0 Å². The molecule has 1 fully saturated rings. The van der Waals surface area contributed by atoms with E-state index in [9.17, 15) is 13.2 Å². The Bertz CT molecular complexity index is 553. The van der Waals surface area contributed by atoms with Crippen molar-refractivity contribution in [2.24, 2.45) is 0 Å². The summed E-state index contributed by atoms with van der Waals surface area (Å²) < 4.78 is 25.5. The third-order valence-electron chi connectivity index (χ3n) is 2.75. The molecule has 1 aliphatic rings. The molecule has 0 bridgehead atoms. The smallest absolute Gasteiger partial charge is 0.323 e. The van der Waals surface area contributed by atoms with E-state index < -0.39 is 22.0 Å². The van der Waals surface area contributed by atoms with Gasteiger partial charge in [-0.2, -0.15) is 4.31 Å². The predicted octanol–water partition coefficient (Wildman–Crippen LogP) is -1.23. The lowest BCUT2D eigenvalue weighted by Gasteiger charge is -2.31. The fraction of sp³-hybridized carbons (Fsp3) is 0.556. The van der Waals surface area contributed by atoms with Gasteiger partial charge in [-0.25, -0.2) is 13.4 Å². The van der Waals surface area contributed by atoms with Gasteiger partial charge in [0.25, 0.3) is 10.0 Å². The second kappa shape index (κ2) is 4.67. The molecule has 0 amide bonds. The van der Waals surface area contributed by atoms with Crippen LogP contribution >= 0.6 is 0 Å². The van der Waals surface area contributed by atoms with Gasteiger partial charge >= 0.3 is 5.97 Å². The molecule has 1 aliphatic heterocycles. The van der Waals surface area contributed by atoms with Gasteiger partial charge in [-0.1, -0.05) is 0 Å². The van der Waals surface area contributed by atoms with Gasteiger partial charge in [-0.15, -0.1) is 0 Å². The fourth-order valence-electron chi connectivity index (χ4n) is 1.84. The maximum atomic E-state index is 12.3. The van der Waals surface area contributed by atoms with Crippen LogP contribution < -0.4 is 5.32 Å². The van der Waals surface area contributed by atoms with Crippen molar-refractivity contribution in [1.82, 2.24) is 19.6 Å². The number of piperazine rings is 1. The van der Waals surface area contributed by atoms with Crippen molar-refractivity contribution < 1.29 is 18.3 Å². The number of hydrogen-bond acceptors (Lipinski definition) is 5. The number of imidazole rings is 1. The van der Waals surface area contributed by atoms with E-state index in [1.165, 1.54) is 6.20 Å². The zero-order valence-corrected chi connectivity index (χ0v) is 10.6. The van der Waals surface area contributed by atoms with Crippen LogP contribution in [0.3, 0.4) is 0 Å². The number of nitrogens with one attached hydrogen (secondary N) is 2. The van der Waals surface area contributed by atoms with E-state index in [0.717, 1.165) is 4.31 Å². The molecule has 8 nitrogen and oxygen atoms in total. The molecule has 1 atom stereocenters. The molecule has 0 saturated carbocycles. The van der Waals surface area contributed by atoms with Crippen LogP contribution in [0.4, 0.5) is 0 Å². The van der Waals surface area contributed by atoms with Crippen LogP contribution in [0.15, 0.2) is 11.2 Å². The molecule has 1 aromatic heterocycles.